The second-order valence-corrected chi connectivity index (χ2v) is 4.78. The Morgan fingerprint density at radius 3 is 2.47 bits per heavy atom. The molecule has 0 saturated carbocycles. The highest BCUT2D eigenvalue weighted by Gasteiger charge is 2.13. The molecule has 0 N–H and O–H groups in total. The van der Waals surface area contributed by atoms with Gasteiger partial charge in [0.2, 0.25) is 0 Å². The molecule has 2 rings (SSSR count). The van der Waals surface area contributed by atoms with E-state index >= 15 is 0 Å². The topological polar surface area (TPSA) is 9.23 Å². The van der Waals surface area contributed by atoms with Crippen molar-refractivity contribution in [1.82, 2.24) is 0 Å². The summed E-state index contributed by atoms with van der Waals surface area (Å²) in [4.78, 5) is 0. The van der Waals surface area contributed by atoms with Gasteiger partial charge >= 0.3 is 0 Å². The zero-order valence-corrected chi connectivity index (χ0v) is 11.5. The predicted octanol–water partition coefficient (Wildman–Crippen LogP) is 5.05. The molecule has 2 aromatic carbocycles. The van der Waals surface area contributed by atoms with Crippen LogP contribution in [0.25, 0.3) is 0 Å². The molecule has 1 nitrogen and oxygen atoms in total. The fraction of sp³-hybridized carbons (Fsp3) is 0.250. The molecule has 1 atom stereocenters. The highest BCUT2D eigenvalue weighted by atomic mass is 35.5. The highest BCUT2D eigenvalue weighted by Crippen LogP contribution is 2.29. The molecule has 0 aromatic heterocycles. The molecule has 19 heavy (non-hydrogen) atoms. The Labute approximate surface area is 118 Å². The van der Waals surface area contributed by atoms with Gasteiger partial charge in [0.1, 0.15) is 0 Å². The summed E-state index contributed by atoms with van der Waals surface area (Å²) < 4.78 is 19.2. The molecule has 0 spiro atoms. The second-order valence-electron chi connectivity index (χ2n) is 4.38. The Morgan fingerprint density at radius 2 is 1.84 bits per heavy atom. The lowest BCUT2D eigenvalue weighted by Gasteiger charge is -2.17. The Kier molecular flexibility index (Phi) is 4.80. The van der Waals surface area contributed by atoms with Crippen LogP contribution in [0, 0.1) is 5.82 Å². The first-order valence-electron chi connectivity index (χ1n) is 6.34. The van der Waals surface area contributed by atoms with Crippen LogP contribution < -0.4 is 4.74 Å². The average Bonchev–Trinajstić information content (AvgIpc) is 2.43. The Hall–Kier alpha value is -1.54. The lowest BCUT2D eigenvalue weighted by molar-refractivity contribution is 0.272. The standard InChI is InChI=1S/C16H16ClFO/c1-2-12(13-7-4-3-5-8-13)11-19-16-14(17)9-6-10-15(16)18/h3-10,12H,2,11H2,1H3. The van der Waals surface area contributed by atoms with Gasteiger partial charge in [-0.15, -0.1) is 0 Å². The van der Waals surface area contributed by atoms with Gasteiger partial charge in [0.15, 0.2) is 11.6 Å². The van der Waals surface area contributed by atoms with E-state index in [0.29, 0.717) is 11.6 Å². The van der Waals surface area contributed by atoms with Gasteiger partial charge in [0, 0.05) is 5.92 Å². The van der Waals surface area contributed by atoms with Crippen LogP contribution in [0.2, 0.25) is 5.02 Å². The van der Waals surface area contributed by atoms with E-state index in [9.17, 15) is 4.39 Å². The Bertz CT molecular complexity index is 507. The van der Waals surface area contributed by atoms with E-state index in [2.05, 4.69) is 19.1 Å². The zero-order valence-electron chi connectivity index (χ0n) is 10.8. The van der Waals surface area contributed by atoms with Gasteiger partial charge in [-0.1, -0.05) is 54.9 Å². The van der Waals surface area contributed by atoms with Gasteiger partial charge in [0.25, 0.3) is 0 Å². The maximum absolute atomic E-state index is 13.6. The van der Waals surface area contributed by atoms with Gasteiger partial charge in [-0.25, -0.2) is 4.39 Å². The molecule has 0 amide bonds. The smallest absolute Gasteiger partial charge is 0.173 e. The molecule has 3 heteroatoms. The van der Waals surface area contributed by atoms with Crippen LogP contribution in [-0.4, -0.2) is 6.61 Å². The number of halogens is 2. The van der Waals surface area contributed by atoms with Crippen LogP contribution in [0.5, 0.6) is 5.75 Å². The molecule has 0 fully saturated rings. The van der Waals surface area contributed by atoms with Crippen molar-refractivity contribution in [3.05, 3.63) is 64.9 Å². The first-order valence-corrected chi connectivity index (χ1v) is 6.72. The van der Waals surface area contributed by atoms with Crippen LogP contribution in [0.4, 0.5) is 4.39 Å². The van der Waals surface area contributed by atoms with E-state index in [-0.39, 0.29) is 11.7 Å². The van der Waals surface area contributed by atoms with Crippen LogP contribution in [-0.2, 0) is 0 Å². The summed E-state index contributed by atoms with van der Waals surface area (Å²) in [5.41, 5.74) is 1.19. The summed E-state index contributed by atoms with van der Waals surface area (Å²) >= 11 is 5.94. The van der Waals surface area contributed by atoms with Gasteiger partial charge in [0.05, 0.1) is 11.6 Å². The summed E-state index contributed by atoms with van der Waals surface area (Å²) in [6.45, 7) is 2.51. The zero-order chi connectivity index (χ0) is 13.7. The summed E-state index contributed by atoms with van der Waals surface area (Å²) in [5.74, 6) is -0.0502. The molecule has 0 heterocycles. The van der Waals surface area contributed by atoms with Crippen molar-refractivity contribution < 1.29 is 9.13 Å². The van der Waals surface area contributed by atoms with Crippen LogP contribution in [0.1, 0.15) is 24.8 Å². The number of para-hydroxylation sites is 1. The van der Waals surface area contributed by atoms with E-state index in [1.54, 1.807) is 12.1 Å². The lowest BCUT2D eigenvalue weighted by Crippen LogP contribution is -2.10. The van der Waals surface area contributed by atoms with Crippen molar-refractivity contribution in [2.75, 3.05) is 6.61 Å². The fourth-order valence-electron chi connectivity index (χ4n) is 1.98. The quantitative estimate of drug-likeness (QED) is 0.743. The van der Waals surface area contributed by atoms with Crippen molar-refractivity contribution in [1.29, 1.82) is 0 Å². The van der Waals surface area contributed by atoms with E-state index in [1.165, 1.54) is 11.6 Å². The van der Waals surface area contributed by atoms with Gasteiger partial charge in [-0.05, 0) is 24.1 Å². The minimum atomic E-state index is -0.421. The minimum Gasteiger partial charge on any atom is -0.488 e. The average molecular weight is 279 g/mol. The number of rotatable bonds is 5. The van der Waals surface area contributed by atoms with Crippen LogP contribution >= 0.6 is 11.6 Å². The van der Waals surface area contributed by atoms with Crippen molar-refractivity contribution in [3.8, 4) is 5.75 Å². The van der Waals surface area contributed by atoms with Gasteiger partial charge in [-0.3, -0.25) is 0 Å². The van der Waals surface area contributed by atoms with E-state index in [1.807, 2.05) is 18.2 Å². The SMILES string of the molecule is CCC(COc1c(F)cccc1Cl)c1ccccc1. The fourth-order valence-corrected chi connectivity index (χ4v) is 2.20. The maximum atomic E-state index is 13.6. The molecule has 0 radical (unpaired) electrons. The predicted molar refractivity (Wildman–Crippen MR) is 76.4 cm³/mol. The first kappa shape index (κ1) is 13.9. The van der Waals surface area contributed by atoms with Crippen molar-refractivity contribution in [2.45, 2.75) is 19.3 Å². The first-order chi connectivity index (χ1) is 9.22. The summed E-state index contributed by atoms with van der Waals surface area (Å²) in [5, 5.41) is 0.308. The van der Waals surface area contributed by atoms with Gasteiger partial charge < -0.3 is 4.74 Å². The van der Waals surface area contributed by atoms with E-state index in [0.717, 1.165) is 6.42 Å². The number of hydrogen-bond acceptors (Lipinski definition) is 1. The maximum Gasteiger partial charge on any atom is 0.173 e. The molecule has 0 bridgehead atoms. The minimum absolute atomic E-state index is 0.138. The lowest BCUT2D eigenvalue weighted by atomic mass is 9.98. The Morgan fingerprint density at radius 1 is 1.11 bits per heavy atom. The third-order valence-corrected chi connectivity index (χ3v) is 3.41. The van der Waals surface area contributed by atoms with Crippen molar-refractivity contribution >= 4 is 11.6 Å². The molecule has 2 aromatic rings. The highest BCUT2D eigenvalue weighted by molar-refractivity contribution is 6.32. The van der Waals surface area contributed by atoms with E-state index in [4.69, 9.17) is 16.3 Å². The summed E-state index contributed by atoms with van der Waals surface area (Å²) in [6.07, 6.45) is 0.927. The molecule has 0 aliphatic heterocycles. The summed E-state index contributed by atoms with van der Waals surface area (Å²) in [6, 6.07) is 14.6. The molecule has 100 valence electrons. The summed E-state index contributed by atoms with van der Waals surface area (Å²) in [7, 11) is 0. The monoisotopic (exact) mass is 278 g/mol. The second kappa shape index (κ2) is 6.58. The molecule has 0 aliphatic carbocycles. The molecule has 1 unspecified atom stereocenters. The molecule has 0 saturated heterocycles. The third-order valence-electron chi connectivity index (χ3n) is 3.11. The van der Waals surface area contributed by atoms with Gasteiger partial charge in [-0.2, -0.15) is 0 Å². The van der Waals surface area contributed by atoms with Crippen LogP contribution in [0.3, 0.4) is 0 Å². The number of benzene rings is 2. The Balaban J connectivity index is 2.09. The molecular weight excluding hydrogens is 263 g/mol. The number of hydrogen-bond donors (Lipinski definition) is 0. The molecular formula is C16H16ClFO. The van der Waals surface area contributed by atoms with Crippen LogP contribution in [0.15, 0.2) is 48.5 Å². The number of ether oxygens (including phenoxy) is 1. The normalized spacial score (nSPS) is 12.2. The largest absolute Gasteiger partial charge is 0.488 e. The van der Waals surface area contributed by atoms with Crippen molar-refractivity contribution in [2.24, 2.45) is 0 Å². The van der Waals surface area contributed by atoms with Crippen molar-refractivity contribution in [3.63, 3.8) is 0 Å². The third kappa shape index (κ3) is 3.48. The van der Waals surface area contributed by atoms with E-state index < -0.39 is 5.82 Å². The molecule has 0 aliphatic rings.